The summed E-state index contributed by atoms with van der Waals surface area (Å²) in [5, 5.41) is 11.3. The van der Waals surface area contributed by atoms with Gasteiger partial charge in [-0.15, -0.1) is 0 Å². The van der Waals surface area contributed by atoms with Crippen molar-refractivity contribution in [1.82, 2.24) is 20.2 Å². The first-order valence-electron chi connectivity index (χ1n) is 5.75. The zero-order valence-corrected chi connectivity index (χ0v) is 10.5. The highest BCUT2D eigenvalue weighted by Gasteiger charge is 2.17. The summed E-state index contributed by atoms with van der Waals surface area (Å²) < 4.78 is 0. The molecule has 0 aliphatic rings. The number of hydrogen-bond donors (Lipinski definition) is 3. The zero-order valence-electron chi connectivity index (χ0n) is 10.5. The molecule has 0 unspecified atom stereocenters. The van der Waals surface area contributed by atoms with Crippen molar-refractivity contribution in [3.8, 4) is 0 Å². The number of urea groups is 1. The van der Waals surface area contributed by atoms with Gasteiger partial charge in [-0.2, -0.15) is 0 Å². The van der Waals surface area contributed by atoms with E-state index in [2.05, 4.69) is 15.3 Å². The van der Waals surface area contributed by atoms with Crippen LogP contribution in [-0.2, 0) is 11.3 Å². The monoisotopic (exact) mass is 254 g/mol. The molecule has 0 aliphatic heterocycles. The predicted octanol–water partition coefficient (Wildman–Crippen LogP) is 0.804. The number of imidazole rings is 1. The Labute approximate surface area is 105 Å². The maximum absolute atomic E-state index is 11.9. The first-order chi connectivity index (χ1) is 8.50. The Hall–Kier alpha value is -2.05. The molecule has 2 amide bonds. The molecule has 1 rings (SSSR count). The number of H-pyrrole nitrogens is 1. The highest BCUT2D eigenvalue weighted by atomic mass is 16.4. The molecule has 0 saturated carbocycles. The lowest BCUT2D eigenvalue weighted by Crippen LogP contribution is -2.44. The topological polar surface area (TPSA) is 98.3 Å². The van der Waals surface area contributed by atoms with Crippen LogP contribution in [0, 0.1) is 0 Å². The quantitative estimate of drug-likeness (QED) is 0.699. The molecule has 100 valence electrons. The van der Waals surface area contributed by atoms with Crippen molar-refractivity contribution in [2.45, 2.75) is 32.9 Å². The number of hydrogen-bond acceptors (Lipinski definition) is 3. The van der Waals surface area contributed by atoms with Crippen molar-refractivity contribution in [2.75, 3.05) is 6.54 Å². The van der Waals surface area contributed by atoms with Gasteiger partial charge in [0.25, 0.3) is 0 Å². The fourth-order valence-electron chi connectivity index (χ4n) is 1.47. The summed E-state index contributed by atoms with van der Waals surface area (Å²) in [6, 6.07) is -0.344. The average molecular weight is 254 g/mol. The van der Waals surface area contributed by atoms with Crippen molar-refractivity contribution < 1.29 is 14.7 Å². The molecule has 1 heterocycles. The molecule has 7 heteroatoms. The van der Waals surface area contributed by atoms with Crippen molar-refractivity contribution in [1.29, 1.82) is 0 Å². The molecule has 0 aromatic carbocycles. The minimum atomic E-state index is -0.917. The van der Waals surface area contributed by atoms with Crippen LogP contribution in [0.2, 0.25) is 0 Å². The highest BCUT2D eigenvalue weighted by molar-refractivity contribution is 5.75. The smallest absolute Gasteiger partial charge is 0.318 e. The lowest BCUT2D eigenvalue weighted by atomic mass is 10.3. The fraction of sp³-hybridized carbons (Fsp3) is 0.545. The third-order valence-corrected chi connectivity index (χ3v) is 2.41. The number of aromatic nitrogens is 2. The van der Waals surface area contributed by atoms with E-state index in [1.807, 2.05) is 13.8 Å². The van der Waals surface area contributed by atoms with Gasteiger partial charge in [0.15, 0.2) is 0 Å². The lowest BCUT2D eigenvalue weighted by Gasteiger charge is -2.26. The molecule has 0 bridgehead atoms. The summed E-state index contributed by atoms with van der Waals surface area (Å²) in [7, 11) is 0. The second-order valence-electron chi connectivity index (χ2n) is 4.13. The van der Waals surface area contributed by atoms with Crippen LogP contribution in [0.25, 0.3) is 0 Å². The van der Waals surface area contributed by atoms with Gasteiger partial charge in [0, 0.05) is 25.0 Å². The molecule has 1 aromatic heterocycles. The second-order valence-corrected chi connectivity index (χ2v) is 4.13. The molecular weight excluding hydrogens is 236 g/mol. The van der Waals surface area contributed by atoms with Crippen LogP contribution in [0.5, 0.6) is 0 Å². The van der Waals surface area contributed by atoms with E-state index in [4.69, 9.17) is 5.11 Å². The molecule has 0 atom stereocenters. The van der Waals surface area contributed by atoms with Crippen LogP contribution in [0.1, 0.15) is 26.1 Å². The number of nitrogens with zero attached hydrogens (tertiary/aromatic N) is 2. The van der Waals surface area contributed by atoms with Gasteiger partial charge in [0.05, 0.1) is 13.0 Å². The molecule has 0 spiro atoms. The average Bonchev–Trinajstić information content (AvgIpc) is 2.78. The van der Waals surface area contributed by atoms with Gasteiger partial charge in [-0.3, -0.25) is 4.79 Å². The number of rotatable bonds is 6. The number of carboxylic acids is 1. The van der Waals surface area contributed by atoms with Crippen LogP contribution in [0.3, 0.4) is 0 Å². The number of aromatic amines is 1. The molecule has 3 N–H and O–H groups in total. The van der Waals surface area contributed by atoms with E-state index in [0.29, 0.717) is 12.4 Å². The van der Waals surface area contributed by atoms with E-state index in [0.717, 1.165) is 0 Å². The first-order valence-corrected chi connectivity index (χ1v) is 5.75. The Morgan fingerprint density at radius 1 is 1.56 bits per heavy atom. The van der Waals surface area contributed by atoms with Gasteiger partial charge in [-0.05, 0) is 13.8 Å². The van der Waals surface area contributed by atoms with E-state index in [9.17, 15) is 9.59 Å². The molecule has 1 aromatic rings. The summed E-state index contributed by atoms with van der Waals surface area (Å²) in [6.07, 6.45) is 3.21. The molecule has 18 heavy (non-hydrogen) atoms. The molecule has 0 radical (unpaired) electrons. The molecule has 0 aliphatic carbocycles. The van der Waals surface area contributed by atoms with Crippen molar-refractivity contribution in [2.24, 2.45) is 0 Å². The molecular formula is C11H18N4O3. The summed E-state index contributed by atoms with van der Waals surface area (Å²) in [6.45, 7) is 4.17. The summed E-state index contributed by atoms with van der Waals surface area (Å²) in [4.78, 5) is 30.7. The van der Waals surface area contributed by atoms with Crippen LogP contribution in [0.4, 0.5) is 4.79 Å². The zero-order chi connectivity index (χ0) is 13.5. The van der Waals surface area contributed by atoms with Gasteiger partial charge < -0.3 is 20.3 Å². The number of nitrogens with one attached hydrogen (secondary N) is 2. The molecule has 0 fully saturated rings. The van der Waals surface area contributed by atoms with Gasteiger partial charge in [-0.1, -0.05) is 0 Å². The summed E-state index contributed by atoms with van der Waals surface area (Å²) in [5.74, 6) is -0.259. The van der Waals surface area contributed by atoms with Gasteiger partial charge in [0.2, 0.25) is 0 Å². The van der Waals surface area contributed by atoms with Crippen LogP contribution in [-0.4, -0.2) is 44.6 Å². The van der Waals surface area contributed by atoms with Gasteiger partial charge >= 0.3 is 12.0 Å². The maximum atomic E-state index is 11.9. The normalized spacial score (nSPS) is 10.4. The van der Waals surface area contributed by atoms with E-state index < -0.39 is 5.97 Å². The minimum Gasteiger partial charge on any atom is -0.481 e. The van der Waals surface area contributed by atoms with E-state index in [-0.39, 0.29) is 25.0 Å². The Morgan fingerprint density at radius 3 is 2.78 bits per heavy atom. The van der Waals surface area contributed by atoms with Crippen molar-refractivity contribution in [3.63, 3.8) is 0 Å². The number of carbonyl (C=O) groups excluding carboxylic acids is 1. The third kappa shape index (κ3) is 4.44. The molecule has 0 saturated heterocycles. The van der Waals surface area contributed by atoms with Gasteiger partial charge in [-0.25, -0.2) is 9.78 Å². The van der Waals surface area contributed by atoms with Crippen molar-refractivity contribution in [3.05, 3.63) is 18.2 Å². The number of carboxylic acid groups (broad SMARTS) is 1. The van der Waals surface area contributed by atoms with Crippen LogP contribution >= 0.6 is 0 Å². The van der Waals surface area contributed by atoms with Crippen LogP contribution in [0.15, 0.2) is 12.4 Å². The standard InChI is InChI=1S/C11H18N4O3/c1-8(2)15(6-3-10(16)17)11(18)14-7-9-12-4-5-13-9/h4-5,8H,3,6-7H2,1-2H3,(H,12,13)(H,14,18)(H,16,17). The molecule has 7 nitrogen and oxygen atoms in total. The summed E-state index contributed by atoms with van der Waals surface area (Å²) in [5.41, 5.74) is 0. The fourth-order valence-corrected chi connectivity index (χ4v) is 1.47. The van der Waals surface area contributed by atoms with Crippen LogP contribution < -0.4 is 5.32 Å². The predicted molar refractivity (Wildman–Crippen MR) is 64.9 cm³/mol. The SMILES string of the molecule is CC(C)N(CCC(=O)O)C(=O)NCc1ncc[nH]1. The second kappa shape index (κ2) is 6.63. The van der Waals surface area contributed by atoms with E-state index in [1.165, 1.54) is 4.90 Å². The van der Waals surface area contributed by atoms with Gasteiger partial charge in [0.1, 0.15) is 5.82 Å². The van der Waals surface area contributed by atoms with E-state index in [1.54, 1.807) is 12.4 Å². The third-order valence-electron chi connectivity index (χ3n) is 2.41. The number of carbonyl (C=O) groups is 2. The Bertz CT molecular complexity index is 389. The largest absolute Gasteiger partial charge is 0.481 e. The lowest BCUT2D eigenvalue weighted by molar-refractivity contribution is -0.137. The number of amides is 2. The number of aliphatic carboxylic acids is 1. The Morgan fingerprint density at radius 2 is 2.28 bits per heavy atom. The minimum absolute atomic E-state index is 0.0547. The van der Waals surface area contributed by atoms with Crippen molar-refractivity contribution >= 4 is 12.0 Å². The summed E-state index contributed by atoms with van der Waals surface area (Å²) >= 11 is 0. The maximum Gasteiger partial charge on any atom is 0.318 e. The Balaban J connectivity index is 2.46. The van der Waals surface area contributed by atoms with E-state index >= 15 is 0 Å². The highest BCUT2D eigenvalue weighted by Crippen LogP contribution is 2.01. The Kier molecular flexibility index (Phi) is 5.16. The first kappa shape index (κ1) is 14.0.